The van der Waals surface area contributed by atoms with Gasteiger partial charge in [0.15, 0.2) is 0 Å². The number of nitrogens with one attached hydrogen (secondary N) is 1. The van der Waals surface area contributed by atoms with E-state index in [4.69, 9.17) is 0 Å². The highest BCUT2D eigenvalue weighted by Gasteiger charge is 2.15. The molecule has 7 nitrogen and oxygen atoms in total. The van der Waals surface area contributed by atoms with Gasteiger partial charge in [0.05, 0.1) is 17.1 Å². The van der Waals surface area contributed by atoms with Crippen molar-refractivity contribution >= 4 is 11.7 Å². The summed E-state index contributed by atoms with van der Waals surface area (Å²) >= 11 is 0. The topological polar surface area (TPSA) is 68.0 Å². The van der Waals surface area contributed by atoms with E-state index in [0.29, 0.717) is 6.54 Å². The molecule has 2 aromatic rings. The molecule has 0 bridgehead atoms. The van der Waals surface area contributed by atoms with E-state index in [-0.39, 0.29) is 6.03 Å². The number of hydrogen-bond donors (Lipinski definition) is 1. The van der Waals surface area contributed by atoms with Crippen molar-refractivity contribution in [1.82, 2.24) is 24.2 Å². The van der Waals surface area contributed by atoms with Gasteiger partial charge >= 0.3 is 6.03 Å². The smallest absolute Gasteiger partial charge is 0.321 e. The summed E-state index contributed by atoms with van der Waals surface area (Å²) in [6, 6.07) is -0.103. The average Bonchev–Trinajstić information content (AvgIpc) is 3.04. The van der Waals surface area contributed by atoms with Crippen LogP contribution >= 0.6 is 0 Å². The molecule has 0 saturated carbocycles. The van der Waals surface area contributed by atoms with Gasteiger partial charge in [-0.3, -0.25) is 4.68 Å². The van der Waals surface area contributed by atoms with Gasteiger partial charge in [-0.15, -0.1) is 0 Å². The SMILES string of the molecule is CCn1nc(C)c(NC(=O)N(C)CCCn2ccnc2C)c1C. The molecule has 2 rings (SSSR count). The Morgan fingerprint density at radius 2 is 2.09 bits per heavy atom. The van der Waals surface area contributed by atoms with Crippen molar-refractivity contribution in [1.29, 1.82) is 0 Å². The largest absolute Gasteiger partial charge is 0.335 e. The molecule has 0 spiro atoms. The van der Waals surface area contributed by atoms with E-state index in [2.05, 4.69) is 20.0 Å². The van der Waals surface area contributed by atoms with Crippen LogP contribution in [0, 0.1) is 20.8 Å². The molecule has 2 amide bonds. The molecule has 0 aliphatic heterocycles. The molecule has 0 aliphatic carbocycles. The van der Waals surface area contributed by atoms with E-state index >= 15 is 0 Å². The number of urea groups is 1. The molecule has 0 unspecified atom stereocenters. The maximum absolute atomic E-state index is 12.3. The van der Waals surface area contributed by atoms with Gasteiger partial charge in [0.2, 0.25) is 0 Å². The zero-order chi connectivity index (χ0) is 17.0. The number of rotatable bonds is 6. The Hall–Kier alpha value is -2.31. The number of amides is 2. The molecule has 0 aromatic carbocycles. The van der Waals surface area contributed by atoms with Crippen molar-refractivity contribution in [3.8, 4) is 0 Å². The van der Waals surface area contributed by atoms with Gasteiger partial charge in [0.25, 0.3) is 0 Å². The molecule has 0 atom stereocenters. The first kappa shape index (κ1) is 17.1. The maximum Gasteiger partial charge on any atom is 0.321 e. The monoisotopic (exact) mass is 318 g/mol. The van der Waals surface area contributed by atoms with Crippen LogP contribution in [0.4, 0.5) is 10.5 Å². The number of aryl methyl sites for hydroxylation is 4. The Labute approximate surface area is 137 Å². The zero-order valence-electron chi connectivity index (χ0n) is 14.6. The molecule has 0 radical (unpaired) electrons. The van der Waals surface area contributed by atoms with Crippen molar-refractivity contribution in [2.75, 3.05) is 18.9 Å². The molecule has 1 N–H and O–H groups in total. The van der Waals surface area contributed by atoms with Crippen molar-refractivity contribution in [2.45, 2.75) is 47.2 Å². The van der Waals surface area contributed by atoms with E-state index < -0.39 is 0 Å². The van der Waals surface area contributed by atoms with Crippen LogP contribution in [0.5, 0.6) is 0 Å². The summed E-state index contributed by atoms with van der Waals surface area (Å²) in [5.41, 5.74) is 2.65. The summed E-state index contributed by atoms with van der Waals surface area (Å²) < 4.78 is 3.98. The summed E-state index contributed by atoms with van der Waals surface area (Å²) in [4.78, 5) is 18.2. The Balaban J connectivity index is 1.88. The highest BCUT2D eigenvalue weighted by Crippen LogP contribution is 2.19. The van der Waals surface area contributed by atoms with Crippen LogP contribution in [0.1, 0.15) is 30.6 Å². The molecular weight excluding hydrogens is 292 g/mol. The summed E-state index contributed by atoms with van der Waals surface area (Å²) in [6.07, 6.45) is 4.64. The quantitative estimate of drug-likeness (QED) is 0.890. The number of nitrogens with zero attached hydrogens (tertiary/aromatic N) is 5. The highest BCUT2D eigenvalue weighted by atomic mass is 16.2. The summed E-state index contributed by atoms with van der Waals surface area (Å²) in [5, 5.41) is 7.39. The standard InChI is InChI=1S/C16H26N6O/c1-6-22-13(3)15(12(2)19-22)18-16(23)20(5)9-7-10-21-11-8-17-14(21)4/h8,11H,6-7,9-10H2,1-5H3,(H,18,23). The van der Waals surface area contributed by atoms with E-state index in [1.165, 1.54) is 0 Å². The number of imidazole rings is 1. The van der Waals surface area contributed by atoms with Gasteiger partial charge in [0, 0.05) is 39.1 Å². The predicted molar refractivity (Wildman–Crippen MR) is 90.6 cm³/mol. The first-order valence-electron chi connectivity index (χ1n) is 7.97. The van der Waals surface area contributed by atoms with E-state index in [1.807, 2.05) is 45.6 Å². The van der Waals surface area contributed by atoms with Crippen molar-refractivity contribution in [3.05, 3.63) is 29.6 Å². The minimum absolute atomic E-state index is 0.103. The van der Waals surface area contributed by atoms with E-state index in [1.54, 1.807) is 11.1 Å². The van der Waals surface area contributed by atoms with Crippen molar-refractivity contribution < 1.29 is 4.79 Å². The van der Waals surface area contributed by atoms with Gasteiger partial charge in [-0.2, -0.15) is 5.10 Å². The Morgan fingerprint density at radius 1 is 1.35 bits per heavy atom. The van der Waals surface area contributed by atoms with Crippen LogP contribution in [-0.2, 0) is 13.1 Å². The van der Waals surface area contributed by atoms with Crippen molar-refractivity contribution in [3.63, 3.8) is 0 Å². The molecule has 0 saturated heterocycles. The van der Waals surface area contributed by atoms with Crippen LogP contribution in [0.3, 0.4) is 0 Å². The predicted octanol–water partition coefficient (Wildman–Crippen LogP) is 2.58. The fourth-order valence-corrected chi connectivity index (χ4v) is 2.61. The average molecular weight is 318 g/mol. The van der Waals surface area contributed by atoms with Crippen LogP contribution in [0.25, 0.3) is 0 Å². The first-order valence-corrected chi connectivity index (χ1v) is 7.97. The van der Waals surface area contributed by atoms with Gasteiger partial charge in [-0.1, -0.05) is 0 Å². The van der Waals surface area contributed by atoms with E-state index in [9.17, 15) is 4.79 Å². The lowest BCUT2D eigenvalue weighted by molar-refractivity contribution is 0.221. The highest BCUT2D eigenvalue weighted by molar-refractivity contribution is 5.90. The summed E-state index contributed by atoms with van der Waals surface area (Å²) in [7, 11) is 1.81. The third-order valence-electron chi connectivity index (χ3n) is 4.08. The van der Waals surface area contributed by atoms with E-state index in [0.717, 1.165) is 42.4 Å². The fraction of sp³-hybridized carbons (Fsp3) is 0.562. The van der Waals surface area contributed by atoms with Gasteiger partial charge < -0.3 is 14.8 Å². The number of anilines is 1. The second-order valence-electron chi connectivity index (χ2n) is 5.73. The third kappa shape index (κ3) is 3.91. The molecule has 7 heteroatoms. The Bertz CT molecular complexity index is 672. The molecule has 126 valence electrons. The molecule has 23 heavy (non-hydrogen) atoms. The summed E-state index contributed by atoms with van der Waals surface area (Å²) in [6.45, 7) is 10.2. The maximum atomic E-state index is 12.3. The molecule has 0 aliphatic rings. The van der Waals surface area contributed by atoms with Crippen molar-refractivity contribution in [2.24, 2.45) is 0 Å². The fourth-order valence-electron chi connectivity index (χ4n) is 2.61. The van der Waals surface area contributed by atoms with Crippen LogP contribution in [-0.4, -0.2) is 43.9 Å². The Kier molecular flexibility index (Phi) is 5.41. The molecule has 0 fully saturated rings. The minimum Gasteiger partial charge on any atom is -0.335 e. The third-order valence-corrected chi connectivity index (χ3v) is 4.08. The number of aromatic nitrogens is 4. The van der Waals surface area contributed by atoms with Crippen LogP contribution in [0.2, 0.25) is 0 Å². The van der Waals surface area contributed by atoms with Crippen LogP contribution in [0.15, 0.2) is 12.4 Å². The number of carbonyl (C=O) groups excluding carboxylic acids is 1. The lowest BCUT2D eigenvalue weighted by Gasteiger charge is -2.18. The Morgan fingerprint density at radius 3 is 2.65 bits per heavy atom. The molecule has 2 aromatic heterocycles. The van der Waals surface area contributed by atoms with Gasteiger partial charge in [-0.25, -0.2) is 9.78 Å². The molecule has 2 heterocycles. The summed E-state index contributed by atoms with van der Waals surface area (Å²) in [5.74, 6) is 0.996. The van der Waals surface area contributed by atoms with Gasteiger partial charge in [0.1, 0.15) is 5.82 Å². The number of hydrogen-bond acceptors (Lipinski definition) is 3. The molecular formula is C16H26N6O. The lowest BCUT2D eigenvalue weighted by Crippen LogP contribution is -2.33. The number of carbonyl (C=O) groups is 1. The zero-order valence-corrected chi connectivity index (χ0v) is 14.6. The van der Waals surface area contributed by atoms with Crippen LogP contribution < -0.4 is 5.32 Å². The minimum atomic E-state index is -0.103. The second-order valence-corrected chi connectivity index (χ2v) is 5.73. The lowest BCUT2D eigenvalue weighted by atomic mass is 10.3. The second kappa shape index (κ2) is 7.30. The normalized spacial score (nSPS) is 10.8. The first-order chi connectivity index (χ1) is 10.9. The van der Waals surface area contributed by atoms with Gasteiger partial charge in [-0.05, 0) is 34.1 Å².